The molecule has 0 heterocycles. The first kappa shape index (κ1) is 19.0. The van der Waals surface area contributed by atoms with Crippen LogP contribution in [0.2, 0.25) is 5.02 Å². The van der Waals surface area contributed by atoms with Crippen LogP contribution in [0.3, 0.4) is 0 Å². The molecular formula is C18H18ClNO4S. The Morgan fingerprint density at radius 3 is 2.52 bits per heavy atom. The van der Waals surface area contributed by atoms with Gasteiger partial charge in [0.15, 0.2) is 0 Å². The summed E-state index contributed by atoms with van der Waals surface area (Å²) in [5.41, 5.74) is 0.625. The minimum atomic E-state index is -3.84. The Hall–Kier alpha value is -2.31. The maximum absolute atomic E-state index is 13.0. The molecule has 0 amide bonds. The van der Waals surface area contributed by atoms with Crippen LogP contribution in [0, 0.1) is 0 Å². The Morgan fingerprint density at radius 2 is 1.92 bits per heavy atom. The zero-order valence-corrected chi connectivity index (χ0v) is 15.3. The number of rotatable bonds is 7. The third-order valence-corrected chi connectivity index (χ3v) is 5.40. The van der Waals surface area contributed by atoms with E-state index in [0.29, 0.717) is 10.7 Å². The number of esters is 1. The van der Waals surface area contributed by atoms with Crippen LogP contribution in [0.5, 0.6) is 0 Å². The SMILES string of the molecule is C=CCN(c1cccc(C(=O)OCC)c1)S(=O)(=O)c1ccc(Cl)cc1. The molecule has 5 nitrogen and oxygen atoms in total. The van der Waals surface area contributed by atoms with Gasteiger partial charge in [-0.3, -0.25) is 4.31 Å². The standard InChI is InChI=1S/C18H18ClNO4S/c1-3-12-20(25(22,23)17-10-8-15(19)9-11-17)16-7-5-6-14(13-16)18(21)24-4-2/h3,5-11,13H,1,4,12H2,2H3. The molecule has 0 atom stereocenters. The van der Waals surface area contributed by atoms with E-state index in [1.54, 1.807) is 25.1 Å². The highest BCUT2D eigenvalue weighted by Crippen LogP contribution is 2.25. The van der Waals surface area contributed by atoms with Gasteiger partial charge in [-0.05, 0) is 49.4 Å². The van der Waals surface area contributed by atoms with Crippen molar-refractivity contribution in [3.05, 3.63) is 71.8 Å². The van der Waals surface area contributed by atoms with Crippen molar-refractivity contribution in [2.24, 2.45) is 0 Å². The summed E-state index contributed by atoms with van der Waals surface area (Å²) >= 11 is 5.83. The highest BCUT2D eigenvalue weighted by Gasteiger charge is 2.24. The Labute approximate surface area is 152 Å². The van der Waals surface area contributed by atoms with E-state index in [4.69, 9.17) is 16.3 Å². The van der Waals surface area contributed by atoms with Gasteiger partial charge in [-0.2, -0.15) is 0 Å². The molecule has 2 aromatic carbocycles. The fourth-order valence-corrected chi connectivity index (χ4v) is 3.75. The normalized spacial score (nSPS) is 11.0. The van der Waals surface area contributed by atoms with E-state index in [-0.39, 0.29) is 23.6 Å². The fraction of sp³-hybridized carbons (Fsp3) is 0.167. The van der Waals surface area contributed by atoms with E-state index < -0.39 is 16.0 Å². The van der Waals surface area contributed by atoms with Crippen molar-refractivity contribution in [2.75, 3.05) is 17.5 Å². The molecule has 2 rings (SSSR count). The highest BCUT2D eigenvalue weighted by molar-refractivity contribution is 7.92. The zero-order valence-electron chi connectivity index (χ0n) is 13.7. The van der Waals surface area contributed by atoms with Crippen molar-refractivity contribution in [1.29, 1.82) is 0 Å². The fourth-order valence-electron chi connectivity index (χ4n) is 2.20. The molecule has 25 heavy (non-hydrogen) atoms. The van der Waals surface area contributed by atoms with Crippen LogP contribution < -0.4 is 4.31 Å². The molecule has 0 saturated carbocycles. The molecule has 7 heteroatoms. The molecule has 132 valence electrons. The number of ether oxygens (including phenoxy) is 1. The molecule has 0 aliphatic rings. The van der Waals surface area contributed by atoms with Crippen LogP contribution in [0.15, 0.2) is 66.1 Å². The highest BCUT2D eigenvalue weighted by atomic mass is 35.5. The second-order valence-electron chi connectivity index (χ2n) is 5.05. The predicted molar refractivity (Wildman–Crippen MR) is 98.6 cm³/mol. The number of halogens is 1. The Kier molecular flexibility index (Phi) is 6.22. The minimum absolute atomic E-state index is 0.0528. The van der Waals surface area contributed by atoms with Gasteiger partial charge in [-0.25, -0.2) is 13.2 Å². The van der Waals surface area contributed by atoms with E-state index in [0.717, 1.165) is 0 Å². The van der Waals surface area contributed by atoms with Gasteiger partial charge in [0.25, 0.3) is 10.0 Å². The number of carbonyl (C=O) groups is 1. The molecule has 0 radical (unpaired) electrons. The molecule has 0 fully saturated rings. The summed E-state index contributed by atoms with van der Waals surface area (Å²) in [6.45, 7) is 5.61. The van der Waals surface area contributed by atoms with Gasteiger partial charge in [0.2, 0.25) is 0 Å². The van der Waals surface area contributed by atoms with Gasteiger partial charge >= 0.3 is 5.97 Å². The van der Waals surface area contributed by atoms with Gasteiger partial charge in [-0.1, -0.05) is 23.7 Å². The van der Waals surface area contributed by atoms with Crippen LogP contribution in [0.4, 0.5) is 5.69 Å². The van der Waals surface area contributed by atoms with E-state index in [2.05, 4.69) is 6.58 Å². The summed E-state index contributed by atoms with van der Waals surface area (Å²) in [6.07, 6.45) is 1.48. The molecule has 2 aromatic rings. The summed E-state index contributed by atoms with van der Waals surface area (Å²) in [5.74, 6) is -0.508. The predicted octanol–water partition coefficient (Wildman–Crippen LogP) is 3.90. The average molecular weight is 380 g/mol. The molecule has 0 unspecified atom stereocenters. The summed E-state index contributed by atoms with van der Waals surface area (Å²) < 4.78 is 32.1. The minimum Gasteiger partial charge on any atom is -0.462 e. The number of hydrogen-bond donors (Lipinski definition) is 0. The topological polar surface area (TPSA) is 63.7 Å². The lowest BCUT2D eigenvalue weighted by Gasteiger charge is -2.23. The van der Waals surface area contributed by atoms with Crippen LogP contribution in [0.25, 0.3) is 0 Å². The maximum Gasteiger partial charge on any atom is 0.338 e. The smallest absolute Gasteiger partial charge is 0.338 e. The second kappa shape index (κ2) is 8.18. The third-order valence-electron chi connectivity index (χ3n) is 3.34. The van der Waals surface area contributed by atoms with Crippen LogP contribution in [-0.4, -0.2) is 27.5 Å². The van der Waals surface area contributed by atoms with Crippen molar-refractivity contribution in [1.82, 2.24) is 0 Å². The number of sulfonamides is 1. The Balaban J connectivity index is 2.47. The number of benzene rings is 2. The van der Waals surface area contributed by atoms with E-state index >= 15 is 0 Å². The summed E-state index contributed by atoms with van der Waals surface area (Å²) in [4.78, 5) is 12.0. The number of carbonyl (C=O) groups excluding carboxylic acids is 1. The first-order valence-corrected chi connectivity index (χ1v) is 9.38. The van der Waals surface area contributed by atoms with Gasteiger partial charge in [-0.15, -0.1) is 6.58 Å². The largest absolute Gasteiger partial charge is 0.462 e. The lowest BCUT2D eigenvalue weighted by atomic mass is 10.2. The number of hydrogen-bond acceptors (Lipinski definition) is 4. The second-order valence-corrected chi connectivity index (χ2v) is 7.35. The van der Waals surface area contributed by atoms with Crippen molar-refractivity contribution < 1.29 is 17.9 Å². The van der Waals surface area contributed by atoms with Crippen molar-refractivity contribution in [3.8, 4) is 0 Å². The average Bonchev–Trinajstić information content (AvgIpc) is 2.60. The first-order chi connectivity index (χ1) is 11.9. The Bertz CT molecular complexity index is 863. The van der Waals surface area contributed by atoms with Crippen LogP contribution in [-0.2, 0) is 14.8 Å². The van der Waals surface area contributed by atoms with E-state index in [1.807, 2.05) is 0 Å². The molecule has 0 spiro atoms. The van der Waals surface area contributed by atoms with Gasteiger partial charge in [0, 0.05) is 5.02 Å². The molecule has 0 saturated heterocycles. The van der Waals surface area contributed by atoms with Crippen LogP contribution in [0.1, 0.15) is 17.3 Å². The third kappa shape index (κ3) is 4.41. The quantitative estimate of drug-likeness (QED) is 0.540. The lowest BCUT2D eigenvalue weighted by Crippen LogP contribution is -2.31. The summed E-state index contributed by atoms with van der Waals surface area (Å²) in [6, 6.07) is 12.2. The summed E-state index contributed by atoms with van der Waals surface area (Å²) in [7, 11) is -3.84. The molecular weight excluding hydrogens is 362 g/mol. The molecule has 0 bridgehead atoms. The van der Waals surface area contributed by atoms with Gasteiger partial charge in [0.05, 0.1) is 29.3 Å². The van der Waals surface area contributed by atoms with E-state index in [9.17, 15) is 13.2 Å². The maximum atomic E-state index is 13.0. The van der Waals surface area contributed by atoms with Crippen LogP contribution >= 0.6 is 11.6 Å². The molecule has 0 aliphatic carbocycles. The van der Waals surface area contributed by atoms with Gasteiger partial charge < -0.3 is 4.74 Å². The molecule has 0 aromatic heterocycles. The monoisotopic (exact) mass is 379 g/mol. The number of anilines is 1. The zero-order chi connectivity index (χ0) is 18.4. The van der Waals surface area contributed by atoms with Gasteiger partial charge in [0.1, 0.15) is 0 Å². The van der Waals surface area contributed by atoms with E-state index in [1.165, 1.54) is 40.7 Å². The van der Waals surface area contributed by atoms with Crippen molar-refractivity contribution >= 4 is 33.3 Å². The molecule has 0 N–H and O–H groups in total. The number of nitrogens with zero attached hydrogens (tertiary/aromatic N) is 1. The lowest BCUT2D eigenvalue weighted by molar-refractivity contribution is 0.0526. The Morgan fingerprint density at radius 1 is 1.24 bits per heavy atom. The first-order valence-electron chi connectivity index (χ1n) is 7.56. The van der Waals surface area contributed by atoms with Crippen molar-refractivity contribution in [2.45, 2.75) is 11.8 Å². The summed E-state index contributed by atoms with van der Waals surface area (Å²) in [5, 5.41) is 0.443. The molecule has 0 aliphatic heterocycles. The van der Waals surface area contributed by atoms with Crippen molar-refractivity contribution in [3.63, 3.8) is 0 Å².